The largest absolute Gasteiger partial charge is 0.308 e. The number of rotatable bonds is 2. The molecule has 1 aromatic rings. The summed E-state index contributed by atoms with van der Waals surface area (Å²) < 4.78 is 0. The van der Waals surface area contributed by atoms with Crippen molar-refractivity contribution in [1.29, 1.82) is 0 Å². The highest BCUT2D eigenvalue weighted by molar-refractivity contribution is 5.20. The van der Waals surface area contributed by atoms with Crippen molar-refractivity contribution in [2.24, 2.45) is 5.92 Å². The molecule has 3 atom stereocenters. The fourth-order valence-electron chi connectivity index (χ4n) is 4.00. The smallest absolute Gasteiger partial charge is 0.0449 e. The van der Waals surface area contributed by atoms with E-state index in [1.807, 2.05) is 0 Å². The minimum atomic E-state index is 0.514. The molecule has 0 amide bonds. The molecule has 2 nitrogen and oxygen atoms in total. The molecule has 2 fully saturated rings. The summed E-state index contributed by atoms with van der Waals surface area (Å²) in [5, 5.41) is 3.69. The molecule has 1 saturated carbocycles. The van der Waals surface area contributed by atoms with Crippen LogP contribution < -0.4 is 5.32 Å². The van der Waals surface area contributed by atoms with E-state index in [0.717, 1.165) is 18.5 Å². The van der Waals surface area contributed by atoms with Crippen molar-refractivity contribution < 1.29 is 0 Å². The number of nitrogens with one attached hydrogen (secondary N) is 1. The lowest BCUT2D eigenvalue weighted by molar-refractivity contribution is 0.102. The molecular formula is C18H28N2. The van der Waals surface area contributed by atoms with E-state index < -0.39 is 0 Å². The van der Waals surface area contributed by atoms with E-state index in [9.17, 15) is 0 Å². The molecular weight excluding hydrogens is 244 g/mol. The van der Waals surface area contributed by atoms with Gasteiger partial charge in [-0.15, -0.1) is 0 Å². The lowest BCUT2D eigenvalue weighted by atomic mass is 9.93. The van der Waals surface area contributed by atoms with Crippen molar-refractivity contribution in [2.45, 2.75) is 51.1 Å². The second-order valence-electron chi connectivity index (χ2n) is 6.59. The third-order valence-corrected chi connectivity index (χ3v) is 5.19. The lowest BCUT2D eigenvalue weighted by Gasteiger charge is -2.41. The summed E-state index contributed by atoms with van der Waals surface area (Å²) >= 11 is 0. The van der Waals surface area contributed by atoms with Crippen molar-refractivity contribution in [3.8, 4) is 0 Å². The van der Waals surface area contributed by atoms with Gasteiger partial charge in [0.2, 0.25) is 0 Å². The van der Waals surface area contributed by atoms with Crippen LogP contribution in [0.2, 0.25) is 0 Å². The van der Waals surface area contributed by atoms with Gasteiger partial charge in [0, 0.05) is 31.7 Å². The summed E-state index contributed by atoms with van der Waals surface area (Å²) in [7, 11) is 0. The van der Waals surface area contributed by atoms with Crippen LogP contribution in [0.4, 0.5) is 0 Å². The van der Waals surface area contributed by atoms with Gasteiger partial charge in [-0.3, -0.25) is 4.90 Å². The Morgan fingerprint density at radius 3 is 2.70 bits per heavy atom. The standard InChI is InChI=1S/C18H28N2/c1-15-8-4-2-7-11-18(15)20-13-12-19-17(14-20)16-9-5-3-6-10-16/h3,5-6,9-10,15,17-19H,2,4,7-8,11-14H2,1H3. The van der Waals surface area contributed by atoms with Crippen LogP contribution in [0.3, 0.4) is 0 Å². The highest BCUT2D eigenvalue weighted by Crippen LogP contribution is 2.29. The van der Waals surface area contributed by atoms with Gasteiger partial charge in [0.05, 0.1) is 0 Å². The average Bonchev–Trinajstić information content (AvgIpc) is 2.73. The van der Waals surface area contributed by atoms with Gasteiger partial charge in [-0.25, -0.2) is 0 Å². The highest BCUT2D eigenvalue weighted by Gasteiger charge is 2.30. The lowest BCUT2D eigenvalue weighted by Crippen LogP contribution is -2.51. The van der Waals surface area contributed by atoms with Gasteiger partial charge in [0.15, 0.2) is 0 Å². The predicted octanol–water partition coefficient (Wildman–Crippen LogP) is 3.60. The molecule has 0 bridgehead atoms. The zero-order valence-electron chi connectivity index (χ0n) is 12.7. The zero-order chi connectivity index (χ0) is 13.8. The van der Waals surface area contributed by atoms with E-state index >= 15 is 0 Å². The zero-order valence-corrected chi connectivity index (χ0v) is 12.7. The molecule has 20 heavy (non-hydrogen) atoms. The minimum absolute atomic E-state index is 0.514. The summed E-state index contributed by atoms with van der Waals surface area (Å²) in [4.78, 5) is 2.77. The maximum absolute atomic E-state index is 3.69. The molecule has 2 heteroatoms. The van der Waals surface area contributed by atoms with Gasteiger partial charge in [-0.2, -0.15) is 0 Å². The van der Waals surface area contributed by atoms with Crippen LogP contribution in [-0.2, 0) is 0 Å². The van der Waals surface area contributed by atoms with Crippen LogP contribution >= 0.6 is 0 Å². The topological polar surface area (TPSA) is 15.3 Å². The van der Waals surface area contributed by atoms with Gasteiger partial charge in [-0.1, -0.05) is 56.5 Å². The highest BCUT2D eigenvalue weighted by atomic mass is 15.2. The van der Waals surface area contributed by atoms with Crippen molar-refractivity contribution in [3.05, 3.63) is 35.9 Å². The Balaban J connectivity index is 1.68. The Hall–Kier alpha value is -0.860. The molecule has 2 aliphatic rings. The Labute approximate surface area is 123 Å². The predicted molar refractivity (Wildman–Crippen MR) is 84.8 cm³/mol. The summed E-state index contributed by atoms with van der Waals surface area (Å²) in [6.07, 6.45) is 7.13. The fraction of sp³-hybridized carbons (Fsp3) is 0.667. The first-order valence-corrected chi connectivity index (χ1v) is 8.37. The van der Waals surface area contributed by atoms with E-state index in [4.69, 9.17) is 0 Å². The van der Waals surface area contributed by atoms with Gasteiger partial charge in [0.1, 0.15) is 0 Å². The SMILES string of the molecule is CC1CCCCCC1N1CCNC(c2ccccc2)C1. The van der Waals surface area contributed by atoms with Crippen LogP contribution in [0.15, 0.2) is 30.3 Å². The van der Waals surface area contributed by atoms with E-state index in [1.165, 1.54) is 50.8 Å². The van der Waals surface area contributed by atoms with E-state index in [1.54, 1.807) is 0 Å². The summed E-state index contributed by atoms with van der Waals surface area (Å²) in [5.41, 5.74) is 1.44. The van der Waals surface area contributed by atoms with Crippen molar-refractivity contribution in [1.82, 2.24) is 10.2 Å². The van der Waals surface area contributed by atoms with Crippen molar-refractivity contribution in [2.75, 3.05) is 19.6 Å². The number of hydrogen-bond donors (Lipinski definition) is 1. The number of piperazine rings is 1. The molecule has 110 valence electrons. The van der Waals surface area contributed by atoms with Crippen molar-refractivity contribution in [3.63, 3.8) is 0 Å². The van der Waals surface area contributed by atoms with Crippen LogP contribution in [0.25, 0.3) is 0 Å². The third kappa shape index (κ3) is 3.24. The molecule has 0 spiro atoms. The monoisotopic (exact) mass is 272 g/mol. The molecule has 3 rings (SSSR count). The third-order valence-electron chi connectivity index (χ3n) is 5.19. The van der Waals surface area contributed by atoms with E-state index in [2.05, 4.69) is 47.5 Å². The first-order valence-electron chi connectivity index (χ1n) is 8.37. The van der Waals surface area contributed by atoms with Crippen LogP contribution in [0.5, 0.6) is 0 Å². The first-order chi connectivity index (χ1) is 9.84. The van der Waals surface area contributed by atoms with Crippen LogP contribution in [-0.4, -0.2) is 30.6 Å². The molecule has 1 heterocycles. The maximum Gasteiger partial charge on any atom is 0.0449 e. The van der Waals surface area contributed by atoms with Gasteiger partial charge >= 0.3 is 0 Å². The van der Waals surface area contributed by atoms with Gasteiger partial charge in [-0.05, 0) is 24.3 Å². The van der Waals surface area contributed by atoms with E-state index in [0.29, 0.717) is 6.04 Å². The number of benzene rings is 1. The van der Waals surface area contributed by atoms with Gasteiger partial charge < -0.3 is 5.32 Å². The Bertz CT molecular complexity index is 403. The first kappa shape index (κ1) is 14.1. The maximum atomic E-state index is 3.69. The van der Waals surface area contributed by atoms with Crippen molar-refractivity contribution >= 4 is 0 Å². The van der Waals surface area contributed by atoms with Crippen LogP contribution in [0.1, 0.15) is 50.6 Å². The second kappa shape index (κ2) is 6.73. The molecule has 0 aromatic heterocycles. The minimum Gasteiger partial charge on any atom is -0.308 e. The molecule has 1 saturated heterocycles. The normalized spacial score (nSPS) is 32.8. The quantitative estimate of drug-likeness (QED) is 0.828. The summed E-state index contributed by atoms with van der Waals surface area (Å²) in [6, 6.07) is 12.3. The molecule has 1 N–H and O–H groups in total. The molecule has 0 radical (unpaired) electrons. The molecule has 1 aliphatic heterocycles. The number of nitrogens with zero attached hydrogens (tertiary/aromatic N) is 1. The summed E-state index contributed by atoms with van der Waals surface area (Å²) in [5.74, 6) is 0.868. The van der Waals surface area contributed by atoms with E-state index in [-0.39, 0.29) is 0 Å². The fourth-order valence-corrected chi connectivity index (χ4v) is 4.00. The average molecular weight is 272 g/mol. The molecule has 1 aliphatic carbocycles. The molecule has 1 aromatic carbocycles. The Morgan fingerprint density at radius 2 is 1.85 bits per heavy atom. The van der Waals surface area contributed by atoms with Crippen LogP contribution in [0, 0.1) is 5.92 Å². The Kier molecular flexibility index (Phi) is 4.74. The summed E-state index contributed by atoms with van der Waals surface area (Å²) in [6.45, 7) is 6.00. The molecule has 3 unspecified atom stereocenters. The van der Waals surface area contributed by atoms with Gasteiger partial charge in [0.25, 0.3) is 0 Å². The number of hydrogen-bond acceptors (Lipinski definition) is 2. The Morgan fingerprint density at radius 1 is 1.05 bits per heavy atom. The second-order valence-corrected chi connectivity index (χ2v) is 6.59.